The summed E-state index contributed by atoms with van der Waals surface area (Å²) in [7, 11) is 0. The van der Waals surface area contributed by atoms with E-state index in [2.05, 4.69) is 9.97 Å². The zero-order valence-corrected chi connectivity index (χ0v) is 7.74. The van der Waals surface area contributed by atoms with E-state index >= 15 is 0 Å². The number of nitrogens with zero attached hydrogens (tertiary/aromatic N) is 2. The highest BCUT2D eigenvalue weighted by molar-refractivity contribution is 5.00. The fourth-order valence-corrected chi connectivity index (χ4v) is 0.704. The first-order chi connectivity index (χ1) is 5.58. The minimum absolute atomic E-state index is 0.101. The second-order valence-electron chi connectivity index (χ2n) is 3.65. The fourth-order valence-electron chi connectivity index (χ4n) is 0.704. The van der Waals surface area contributed by atoms with Crippen molar-refractivity contribution in [3.63, 3.8) is 0 Å². The standard InChI is InChI=1S/C9H14N2O/c1-9(2,3)12-6-8-4-10-7-11-5-8/h4-5,7H,6H2,1-3H3. The topological polar surface area (TPSA) is 35.0 Å². The molecular weight excluding hydrogens is 152 g/mol. The van der Waals surface area contributed by atoms with Gasteiger partial charge in [0, 0.05) is 18.0 Å². The van der Waals surface area contributed by atoms with Gasteiger partial charge < -0.3 is 4.74 Å². The molecule has 0 spiro atoms. The maximum Gasteiger partial charge on any atom is 0.115 e. The molecule has 1 aromatic heterocycles. The summed E-state index contributed by atoms with van der Waals surface area (Å²) < 4.78 is 5.54. The monoisotopic (exact) mass is 166 g/mol. The Bertz CT molecular complexity index is 228. The fraction of sp³-hybridized carbons (Fsp3) is 0.556. The number of hydrogen-bond donors (Lipinski definition) is 0. The van der Waals surface area contributed by atoms with Gasteiger partial charge in [-0.3, -0.25) is 0 Å². The van der Waals surface area contributed by atoms with Gasteiger partial charge in [-0.2, -0.15) is 0 Å². The maximum atomic E-state index is 5.54. The molecule has 3 nitrogen and oxygen atoms in total. The zero-order valence-electron chi connectivity index (χ0n) is 7.74. The molecule has 66 valence electrons. The number of ether oxygens (including phenoxy) is 1. The van der Waals surface area contributed by atoms with E-state index in [1.165, 1.54) is 6.33 Å². The van der Waals surface area contributed by atoms with Crippen LogP contribution in [-0.4, -0.2) is 15.6 Å². The van der Waals surface area contributed by atoms with Gasteiger partial charge in [0.1, 0.15) is 6.33 Å². The van der Waals surface area contributed by atoms with E-state index in [4.69, 9.17) is 4.74 Å². The third kappa shape index (κ3) is 3.44. The van der Waals surface area contributed by atoms with Crippen LogP contribution in [0.1, 0.15) is 26.3 Å². The Balaban J connectivity index is 2.44. The summed E-state index contributed by atoms with van der Waals surface area (Å²) in [5.74, 6) is 0. The summed E-state index contributed by atoms with van der Waals surface area (Å²) in [6.45, 7) is 6.65. The highest BCUT2D eigenvalue weighted by Gasteiger charge is 2.09. The molecule has 0 aliphatic heterocycles. The summed E-state index contributed by atoms with van der Waals surface area (Å²) in [4.78, 5) is 7.79. The Labute approximate surface area is 72.8 Å². The van der Waals surface area contributed by atoms with Crippen LogP contribution in [0.4, 0.5) is 0 Å². The maximum absolute atomic E-state index is 5.54. The van der Waals surface area contributed by atoms with Crippen LogP contribution < -0.4 is 0 Å². The zero-order chi connectivity index (χ0) is 9.03. The Morgan fingerprint density at radius 3 is 2.33 bits per heavy atom. The lowest BCUT2D eigenvalue weighted by Crippen LogP contribution is -2.18. The molecular formula is C9H14N2O. The summed E-state index contributed by atoms with van der Waals surface area (Å²) in [6.07, 6.45) is 5.04. The van der Waals surface area contributed by atoms with Gasteiger partial charge in [-0.1, -0.05) is 0 Å². The van der Waals surface area contributed by atoms with Gasteiger partial charge in [0.25, 0.3) is 0 Å². The largest absolute Gasteiger partial charge is 0.371 e. The van der Waals surface area contributed by atoms with E-state index in [1.807, 2.05) is 20.8 Å². The second kappa shape index (κ2) is 3.63. The lowest BCUT2D eigenvalue weighted by Gasteiger charge is -2.18. The smallest absolute Gasteiger partial charge is 0.115 e. The summed E-state index contributed by atoms with van der Waals surface area (Å²) in [5, 5.41) is 0. The summed E-state index contributed by atoms with van der Waals surface area (Å²) in [6, 6.07) is 0. The lowest BCUT2D eigenvalue weighted by molar-refractivity contribution is -0.0151. The predicted octanol–water partition coefficient (Wildman–Crippen LogP) is 1.79. The molecule has 3 heteroatoms. The first-order valence-corrected chi connectivity index (χ1v) is 3.96. The molecule has 0 bridgehead atoms. The average Bonchev–Trinajstić information content (AvgIpc) is 2.02. The second-order valence-corrected chi connectivity index (χ2v) is 3.65. The quantitative estimate of drug-likeness (QED) is 0.671. The summed E-state index contributed by atoms with van der Waals surface area (Å²) >= 11 is 0. The third-order valence-electron chi connectivity index (χ3n) is 1.29. The normalized spacial score (nSPS) is 11.6. The van der Waals surface area contributed by atoms with Crippen LogP contribution in [0.15, 0.2) is 18.7 Å². The van der Waals surface area contributed by atoms with Gasteiger partial charge >= 0.3 is 0 Å². The minimum atomic E-state index is -0.101. The number of aromatic nitrogens is 2. The Morgan fingerprint density at radius 2 is 1.83 bits per heavy atom. The molecule has 0 saturated carbocycles. The first kappa shape index (κ1) is 9.13. The van der Waals surface area contributed by atoms with E-state index < -0.39 is 0 Å². The van der Waals surface area contributed by atoms with Gasteiger partial charge in [0.2, 0.25) is 0 Å². The van der Waals surface area contributed by atoms with Crippen molar-refractivity contribution in [1.82, 2.24) is 9.97 Å². The molecule has 0 atom stereocenters. The molecule has 1 rings (SSSR count). The molecule has 0 unspecified atom stereocenters. The highest BCUT2D eigenvalue weighted by Crippen LogP contribution is 2.09. The van der Waals surface area contributed by atoms with E-state index in [9.17, 15) is 0 Å². The van der Waals surface area contributed by atoms with Crippen molar-refractivity contribution in [3.05, 3.63) is 24.3 Å². The summed E-state index contributed by atoms with van der Waals surface area (Å²) in [5.41, 5.74) is 0.906. The molecule has 0 N–H and O–H groups in total. The molecule has 1 heterocycles. The van der Waals surface area contributed by atoms with Gasteiger partial charge in [-0.15, -0.1) is 0 Å². The molecule has 1 aromatic rings. The van der Waals surface area contributed by atoms with Gasteiger partial charge in [0.05, 0.1) is 12.2 Å². The van der Waals surface area contributed by atoms with Crippen LogP contribution in [0.25, 0.3) is 0 Å². The Hall–Kier alpha value is -0.960. The average molecular weight is 166 g/mol. The molecule has 0 saturated heterocycles. The first-order valence-electron chi connectivity index (χ1n) is 3.96. The van der Waals surface area contributed by atoms with Crippen LogP contribution in [0.5, 0.6) is 0 Å². The van der Waals surface area contributed by atoms with E-state index in [0.717, 1.165) is 5.56 Å². The van der Waals surface area contributed by atoms with Crippen LogP contribution in [-0.2, 0) is 11.3 Å². The van der Waals surface area contributed by atoms with Gasteiger partial charge in [-0.25, -0.2) is 9.97 Å². The van der Waals surface area contributed by atoms with Crippen LogP contribution in [0.3, 0.4) is 0 Å². The third-order valence-corrected chi connectivity index (χ3v) is 1.29. The van der Waals surface area contributed by atoms with E-state index in [-0.39, 0.29) is 5.60 Å². The molecule has 0 aliphatic carbocycles. The predicted molar refractivity (Wildman–Crippen MR) is 46.6 cm³/mol. The van der Waals surface area contributed by atoms with Crippen LogP contribution in [0, 0.1) is 0 Å². The molecule has 0 aromatic carbocycles. The lowest BCUT2D eigenvalue weighted by atomic mass is 10.2. The van der Waals surface area contributed by atoms with Crippen molar-refractivity contribution < 1.29 is 4.74 Å². The van der Waals surface area contributed by atoms with Crippen molar-refractivity contribution in [2.24, 2.45) is 0 Å². The van der Waals surface area contributed by atoms with Crippen LogP contribution >= 0.6 is 0 Å². The van der Waals surface area contributed by atoms with Crippen molar-refractivity contribution in [2.45, 2.75) is 33.0 Å². The Kier molecular flexibility index (Phi) is 2.76. The molecule has 12 heavy (non-hydrogen) atoms. The van der Waals surface area contributed by atoms with Crippen LogP contribution in [0.2, 0.25) is 0 Å². The van der Waals surface area contributed by atoms with E-state index in [0.29, 0.717) is 6.61 Å². The van der Waals surface area contributed by atoms with Gasteiger partial charge in [0.15, 0.2) is 0 Å². The molecule has 0 aliphatic rings. The number of hydrogen-bond acceptors (Lipinski definition) is 3. The Morgan fingerprint density at radius 1 is 1.25 bits per heavy atom. The van der Waals surface area contributed by atoms with Gasteiger partial charge in [-0.05, 0) is 20.8 Å². The SMILES string of the molecule is CC(C)(C)OCc1cncnc1. The molecule has 0 fully saturated rings. The molecule has 0 radical (unpaired) electrons. The van der Waals surface area contributed by atoms with E-state index in [1.54, 1.807) is 12.4 Å². The minimum Gasteiger partial charge on any atom is -0.371 e. The molecule has 0 amide bonds. The van der Waals surface area contributed by atoms with Crippen molar-refractivity contribution in [2.75, 3.05) is 0 Å². The number of rotatable bonds is 2. The van der Waals surface area contributed by atoms with Crippen molar-refractivity contribution in [3.8, 4) is 0 Å². The van der Waals surface area contributed by atoms with Crippen molar-refractivity contribution in [1.29, 1.82) is 0 Å². The van der Waals surface area contributed by atoms with Crippen molar-refractivity contribution >= 4 is 0 Å². The highest BCUT2D eigenvalue weighted by atomic mass is 16.5.